The van der Waals surface area contributed by atoms with E-state index in [1.807, 2.05) is 0 Å². The van der Waals surface area contributed by atoms with Gasteiger partial charge in [-0.2, -0.15) is 0 Å². The van der Waals surface area contributed by atoms with Gasteiger partial charge in [-0.25, -0.2) is 9.18 Å². The maximum absolute atomic E-state index is 13.4. The predicted octanol–water partition coefficient (Wildman–Crippen LogP) is 2.58. The molecule has 0 heterocycles. The van der Waals surface area contributed by atoms with Crippen molar-refractivity contribution in [2.24, 2.45) is 0 Å². The summed E-state index contributed by atoms with van der Waals surface area (Å²) in [6.45, 7) is 2.70. The number of esters is 1. The molecule has 100 valence electrons. The van der Waals surface area contributed by atoms with Crippen molar-refractivity contribution in [2.45, 2.75) is 6.92 Å². The molecule has 1 aromatic carbocycles. The van der Waals surface area contributed by atoms with Crippen molar-refractivity contribution in [1.29, 1.82) is 0 Å². The van der Waals surface area contributed by atoms with Gasteiger partial charge < -0.3 is 14.8 Å². The quantitative estimate of drug-likeness (QED) is 0.620. The Morgan fingerprint density at radius 2 is 2.28 bits per heavy atom. The van der Waals surface area contributed by atoms with Crippen molar-refractivity contribution in [3.63, 3.8) is 0 Å². The molecule has 0 atom stereocenters. The molecule has 6 heteroatoms. The topological polar surface area (TPSA) is 47.6 Å². The molecule has 0 aliphatic heterocycles. The molecule has 0 bridgehead atoms. The minimum absolute atomic E-state index is 0.0850. The van der Waals surface area contributed by atoms with Gasteiger partial charge in [-0.1, -0.05) is 15.9 Å². The second kappa shape index (κ2) is 8.05. The minimum atomic E-state index is -0.396. The Kier molecular flexibility index (Phi) is 6.67. The maximum atomic E-state index is 13.4. The monoisotopic (exact) mass is 319 g/mol. The highest BCUT2D eigenvalue weighted by Gasteiger charge is 2.03. The zero-order valence-corrected chi connectivity index (χ0v) is 11.6. The molecule has 0 saturated carbocycles. The molecule has 0 fully saturated rings. The molecule has 1 rings (SSSR count). The van der Waals surface area contributed by atoms with Gasteiger partial charge in [-0.3, -0.25) is 0 Å². The van der Waals surface area contributed by atoms with E-state index in [0.29, 0.717) is 29.9 Å². The normalized spacial score (nSPS) is 10.2. The minimum Gasteiger partial charge on any atom is -0.464 e. The van der Waals surface area contributed by atoms with E-state index in [1.165, 1.54) is 6.07 Å². The average Bonchev–Trinajstić information content (AvgIpc) is 2.31. The first kappa shape index (κ1) is 14.9. The number of carbonyl (C=O) groups is 1. The Balaban J connectivity index is 2.20. The summed E-state index contributed by atoms with van der Waals surface area (Å²) in [5.74, 6) is -0.734. The highest BCUT2D eigenvalue weighted by Crippen LogP contribution is 2.18. The number of ether oxygens (including phenoxy) is 2. The number of hydrogen-bond donors (Lipinski definition) is 1. The summed E-state index contributed by atoms with van der Waals surface area (Å²) in [7, 11) is 0. The van der Waals surface area contributed by atoms with Crippen molar-refractivity contribution in [3.05, 3.63) is 28.5 Å². The molecule has 0 amide bonds. The average molecular weight is 320 g/mol. The first-order valence-corrected chi connectivity index (χ1v) is 6.35. The Hall–Kier alpha value is -1.14. The molecule has 0 spiro atoms. The Morgan fingerprint density at radius 1 is 1.50 bits per heavy atom. The van der Waals surface area contributed by atoms with Gasteiger partial charge in [0.15, 0.2) is 0 Å². The summed E-state index contributed by atoms with van der Waals surface area (Å²) in [6, 6.07) is 4.75. The SMILES string of the molecule is CCOC(=O)COCCNc1ccc(Br)cc1F. The number of rotatable bonds is 7. The van der Waals surface area contributed by atoms with Crippen LogP contribution in [0.1, 0.15) is 6.92 Å². The fourth-order valence-electron chi connectivity index (χ4n) is 1.25. The van der Waals surface area contributed by atoms with Gasteiger partial charge in [-0.15, -0.1) is 0 Å². The molecule has 0 aromatic heterocycles. The van der Waals surface area contributed by atoms with Crippen LogP contribution in [0.5, 0.6) is 0 Å². The predicted molar refractivity (Wildman–Crippen MR) is 70.0 cm³/mol. The number of anilines is 1. The molecule has 0 aliphatic carbocycles. The van der Waals surface area contributed by atoms with E-state index in [2.05, 4.69) is 26.0 Å². The number of carbonyl (C=O) groups excluding carboxylic acids is 1. The van der Waals surface area contributed by atoms with Crippen LogP contribution in [0, 0.1) is 5.82 Å². The van der Waals surface area contributed by atoms with Gasteiger partial charge in [0.1, 0.15) is 12.4 Å². The van der Waals surface area contributed by atoms with E-state index in [0.717, 1.165) is 0 Å². The highest BCUT2D eigenvalue weighted by atomic mass is 79.9. The van der Waals surface area contributed by atoms with Crippen LogP contribution in [-0.4, -0.2) is 32.3 Å². The molecule has 1 aromatic rings. The molecular weight excluding hydrogens is 305 g/mol. The van der Waals surface area contributed by atoms with Gasteiger partial charge in [-0.05, 0) is 25.1 Å². The fraction of sp³-hybridized carbons (Fsp3) is 0.417. The fourth-order valence-corrected chi connectivity index (χ4v) is 1.58. The van der Waals surface area contributed by atoms with E-state index in [9.17, 15) is 9.18 Å². The molecule has 18 heavy (non-hydrogen) atoms. The Bertz CT molecular complexity index is 401. The van der Waals surface area contributed by atoms with Gasteiger partial charge in [0.05, 0.1) is 18.9 Å². The first-order valence-electron chi connectivity index (χ1n) is 5.55. The van der Waals surface area contributed by atoms with Crippen LogP contribution < -0.4 is 5.32 Å². The summed E-state index contributed by atoms with van der Waals surface area (Å²) in [4.78, 5) is 10.9. The molecule has 0 aliphatic rings. The van der Waals surface area contributed by atoms with Gasteiger partial charge in [0.25, 0.3) is 0 Å². The Morgan fingerprint density at radius 3 is 2.94 bits per heavy atom. The third kappa shape index (κ3) is 5.46. The second-order valence-corrected chi connectivity index (χ2v) is 4.32. The smallest absolute Gasteiger partial charge is 0.332 e. The third-order valence-electron chi connectivity index (χ3n) is 2.02. The molecular formula is C12H15BrFNO3. The van der Waals surface area contributed by atoms with Gasteiger partial charge >= 0.3 is 5.97 Å². The van der Waals surface area contributed by atoms with Crippen LogP contribution >= 0.6 is 15.9 Å². The van der Waals surface area contributed by atoms with Crippen LogP contribution in [0.2, 0.25) is 0 Å². The largest absolute Gasteiger partial charge is 0.464 e. The summed E-state index contributed by atoms with van der Waals surface area (Å²) in [6.07, 6.45) is 0. The maximum Gasteiger partial charge on any atom is 0.332 e. The van der Waals surface area contributed by atoms with Crippen molar-refractivity contribution in [2.75, 3.05) is 31.7 Å². The van der Waals surface area contributed by atoms with Crippen molar-refractivity contribution >= 4 is 27.6 Å². The summed E-state index contributed by atoms with van der Waals surface area (Å²) < 4.78 is 23.8. The molecule has 0 radical (unpaired) electrons. The summed E-state index contributed by atoms with van der Waals surface area (Å²) in [5, 5.41) is 2.87. The second-order valence-electron chi connectivity index (χ2n) is 3.41. The lowest BCUT2D eigenvalue weighted by molar-refractivity contribution is -0.148. The molecule has 4 nitrogen and oxygen atoms in total. The molecule has 1 N–H and O–H groups in total. The van der Waals surface area contributed by atoms with Crippen molar-refractivity contribution in [1.82, 2.24) is 0 Å². The zero-order chi connectivity index (χ0) is 13.4. The van der Waals surface area contributed by atoms with Crippen LogP contribution in [0.4, 0.5) is 10.1 Å². The van der Waals surface area contributed by atoms with Crippen molar-refractivity contribution in [3.8, 4) is 0 Å². The van der Waals surface area contributed by atoms with Crippen LogP contribution in [0.15, 0.2) is 22.7 Å². The lowest BCUT2D eigenvalue weighted by atomic mass is 10.3. The molecule has 0 saturated heterocycles. The standard InChI is InChI=1S/C12H15BrFNO3/c1-2-18-12(16)8-17-6-5-15-11-4-3-9(13)7-10(11)14/h3-4,7,15H,2,5-6,8H2,1H3. The zero-order valence-electron chi connectivity index (χ0n) is 10.0. The first-order chi connectivity index (χ1) is 8.63. The number of halogens is 2. The van der Waals surface area contributed by atoms with Gasteiger partial charge in [0.2, 0.25) is 0 Å². The highest BCUT2D eigenvalue weighted by molar-refractivity contribution is 9.10. The van der Waals surface area contributed by atoms with Crippen LogP contribution in [-0.2, 0) is 14.3 Å². The number of benzene rings is 1. The van der Waals surface area contributed by atoms with E-state index < -0.39 is 5.97 Å². The lowest BCUT2D eigenvalue weighted by Crippen LogP contribution is -2.16. The number of nitrogens with one attached hydrogen (secondary N) is 1. The van der Waals surface area contributed by atoms with E-state index in [1.54, 1.807) is 19.1 Å². The third-order valence-corrected chi connectivity index (χ3v) is 2.51. The van der Waals surface area contributed by atoms with Crippen molar-refractivity contribution < 1.29 is 18.7 Å². The van der Waals surface area contributed by atoms with Gasteiger partial charge in [0, 0.05) is 11.0 Å². The summed E-state index contributed by atoms with van der Waals surface area (Å²) in [5.41, 5.74) is 0.401. The summed E-state index contributed by atoms with van der Waals surface area (Å²) >= 11 is 3.18. The number of hydrogen-bond acceptors (Lipinski definition) is 4. The van der Waals surface area contributed by atoms with Crippen LogP contribution in [0.25, 0.3) is 0 Å². The van der Waals surface area contributed by atoms with Crippen LogP contribution in [0.3, 0.4) is 0 Å². The molecule has 0 unspecified atom stereocenters. The van der Waals surface area contributed by atoms with E-state index in [-0.39, 0.29) is 12.4 Å². The Labute approximate surface area is 114 Å². The lowest BCUT2D eigenvalue weighted by Gasteiger charge is -2.08. The van der Waals surface area contributed by atoms with E-state index >= 15 is 0 Å². The van der Waals surface area contributed by atoms with E-state index in [4.69, 9.17) is 4.74 Å².